The van der Waals surface area contributed by atoms with Gasteiger partial charge in [0.2, 0.25) is 0 Å². The van der Waals surface area contributed by atoms with Gasteiger partial charge in [0.15, 0.2) is 11.5 Å². The number of ether oxygens (including phenoxy) is 1. The molecule has 9 nitrogen and oxygen atoms in total. The molecule has 1 saturated heterocycles. The van der Waals surface area contributed by atoms with Crippen molar-refractivity contribution in [2.45, 2.75) is 38.3 Å². The number of hydrogen-bond donors (Lipinski definition) is 2. The number of rotatable bonds is 6. The second-order valence-corrected chi connectivity index (χ2v) is 7.48. The molecule has 0 radical (unpaired) electrons. The van der Waals surface area contributed by atoms with Crippen LogP contribution >= 0.6 is 0 Å². The highest BCUT2D eigenvalue weighted by Crippen LogP contribution is 2.31. The van der Waals surface area contributed by atoms with Crippen molar-refractivity contribution in [2.75, 3.05) is 18.0 Å². The molecule has 33 heavy (non-hydrogen) atoms. The molecule has 0 saturated carbocycles. The molecular weight excluding hydrogens is 437 g/mol. The van der Waals surface area contributed by atoms with Crippen LogP contribution in [0.5, 0.6) is 0 Å². The SMILES string of the molecule is C=N/C=C(/c1nccc(N2CC(C)OC(/C(C=N)=C/N)C2C)n1)N1C=C(C(F)(F)F)N=CC1. The number of nitrogens with one attached hydrogen (secondary N) is 1. The van der Waals surface area contributed by atoms with Gasteiger partial charge in [0.05, 0.1) is 24.9 Å². The molecule has 0 spiro atoms. The van der Waals surface area contributed by atoms with Gasteiger partial charge in [-0.1, -0.05) is 0 Å². The first-order valence-electron chi connectivity index (χ1n) is 10.1. The fraction of sp³-hybridized carbons (Fsp3) is 0.381. The van der Waals surface area contributed by atoms with E-state index in [0.717, 1.165) is 18.6 Å². The van der Waals surface area contributed by atoms with Crippen molar-refractivity contribution >= 4 is 30.7 Å². The zero-order chi connectivity index (χ0) is 24.2. The fourth-order valence-electron chi connectivity index (χ4n) is 3.65. The Morgan fingerprint density at radius 1 is 1.39 bits per heavy atom. The number of alkyl halides is 3. The summed E-state index contributed by atoms with van der Waals surface area (Å²) in [5.74, 6) is 0.729. The number of morpholine rings is 1. The molecule has 3 atom stereocenters. The van der Waals surface area contributed by atoms with Crippen molar-refractivity contribution in [3.8, 4) is 0 Å². The molecule has 3 unspecified atom stereocenters. The van der Waals surface area contributed by atoms with E-state index >= 15 is 0 Å². The maximum atomic E-state index is 13.2. The van der Waals surface area contributed by atoms with Crippen LogP contribution in [0, 0.1) is 5.41 Å². The third kappa shape index (κ3) is 5.28. The van der Waals surface area contributed by atoms with Gasteiger partial charge in [0, 0.05) is 43.1 Å². The molecule has 3 N–H and O–H groups in total. The maximum absolute atomic E-state index is 13.2. The van der Waals surface area contributed by atoms with Gasteiger partial charge in [0.1, 0.15) is 17.6 Å². The first-order chi connectivity index (χ1) is 15.7. The Labute approximate surface area is 189 Å². The predicted octanol–water partition coefficient (Wildman–Crippen LogP) is 2.74. The predicted molar refractivity (Wildman–Crippen MR) is 121 cm³/mol. The third-order valence-electron chi connectivity index (χ3n) is 5.21. The number of nitrogens with two attached hydrogens (primary N) is 1. The molecule has 0 aromatic carbocycles. The first kappa shape index (κ1) is 24.1. The van der Waals surface area contributed by atoms with Crippen molar-refractivity contribution < 1.29 is 17.9 Å². The van der Waals surface area contributed by atoms with Gasteiger partial charge in [-0.15, -0.1) is 0 Å². The Morgan fingerprint density at radius 2 is 2.15 bits per heavy atom. The van der Waals surface area contributed by atoms with Gasteiger partial charge < -0.3 is 25.7 Å². The topological polar surface area (TPSA) is 116 Å². The number of allylic oxidation sites excluding steroid dienone is 1. The van der Waals surface area contributed by atoms with E-state index in [1.807, 2.05) is 18.7 Å². The van der Waals surface area contributed by atoms with Crippen molar-refractivity contribution in [1.82, 2.24) is 14.9 Å². The fourth-order valence-corrected chi connectivity index (χ4v) is 3.65. The van der Waals surface area contributed by atoms with Crippen LogP contribution in [0.4, 0.5) is 19.0 Å². The minimum absolute atomic E-state index is 0.0889. The Balaban J connectivity index is 1.97. The average molecular weight is 462 g/mol. The molecule has 0 amide bonds. The molecule has 3 heterocycles. The molecule has 1 aromatic rings. The summed E-state index contributed by atoms with van der Waals surface area (Å²) in [6.45, 7) is 7.84. The Hall–Kier alpha value is -3.54. The summed E-state index contributed by atoms with van der Waals surface area (Å²) >= 11 is 0. The van der Waals surface area contributed by atoms with Crippen LogP contribution in [-0.2, 0) is 4.74 Å². The van der Waals surface area contributed by atoms with Crippen LogP contribution in [0.15, 0.2) is 52.1 Å². The highest BCUT2D eigenvalue weighted by Gasteiger charge is 2.37. The van der Waals surface area contributed by atoms with E-state index in [2.05, 4.69) is 26.7 Å². The third-order valence-corrected chi connectivity index (χ3v) is 5.21. The summed E-state index contributed by atoms with van der Waals surface area (Å²) in [6.07, 6.45) is 2.16. The second-order valence-electron chi connectivity index (χ2n) is 7.48. The molecule has 0 aliphatic carbocycles. The molecule has 12 heteroatoms. The summed E-state index contributed by atoms with van der Waals surface area (Å²) in [6, 6.07) is 1.49. The van der Waals surface area contributed by atoms with Crippen molar-refractivity contribution in [1.29, 1.82) is 5.41 Å². The summed E-state index contributed by atoms with van der Waals surface area (Å²) < 4.78 is 45.5. The quantitative estimate of drug-likeness (QED) is 0.628. The molecule has 1 fully saturated rings. The van der Waals surface area contributed by atoms with E-state index in [0.29, 0.717) is 17.9 Å². The normalized spacial score (nSPS) is 24.5. The zero-order valence-corrected chi connectivity index (χ0v) is 18.2. The highest BCUT2D eigenvalue weighted by molar-refractivity contribution is 5.77. The summed E-state index contributed by atoms with van der Waals surface area (Å²) in [5, 5.41) is 7.61. The highest BCUT2D eigenvalue weighted by atomic mass is 19.4. The Bertz CT molecular complexity index is 1020. The number of nitrogens with zero attached hydrogens (tertiary/aromatic N) is 6. The minimum atomic E-state index is -4.60. The van der Waals surface area contributed by atoms with Crippen LogP contribution in [-0.4, -0.2) is 71.5 Å². The summed E-state index contributed by atoms with van der Waals surface area (Å²) in [4.78, 5) is 19.3. The lowest BCUT2D eigenvalue weighted by Crippen LogP contribution is -2.54. The molecular formula is C21H25F3N8O. The lowest BCUT2D eigenvalue weighted by Gasteiger charge is -2.43. The van der Waals surface area contributed by atoms with Crippen molar-refractivity contribution in [2.24, 2.45) is 15.7 Å². The molecule has 2 aliphatic rings. The van der Waals surface area contributed by atoms with Crippen LogP contribution in [0.25, 0.3) is 5.70 Å². The van der Waals surface area contributed by atoms with Crippen LogP contribution in [0.2, 0.25) is 0 Å². The number of aliphatic imine (C=N–C) groups is 2. The summed E-state index contributed by atoms with van der Waals surface area (Å²) in [5.41, 5.74) is 5.40. The number of aromatic nitrogens is 2. The minimum Gasteiger partial charge on any atom is -0.404 e. The van der Waals surface area contributed by atoms with Gasteiger partial charge >= 0.3 is 6.18 Å². The standard InChI is InChI=1S/C21H25F3N8O/c1-13-11-32(14(2)19(33-13)15(8-25)9-26)18-4-5-29-20(30-18)16(10-27-3)31-7-6-28-17(12-31)21(22,23)24/h4-6,8-10,12-14,19,25H,3,7,11,26H2,1-2H3/b15-9+,16-10-,25-8?. The van der Waals surface area contributed by atoms with E-state index in [1.54, 1.807) is 6.07 Å². The van der Waals surface area contributed by atoms with Gasteiger partial charge in [0.25, 0.3) is 0 Å². The Morgan fingerprint density at radius 3 is 2.79 bits per heavy atom. The average Bonchev–Trinajstić information content (AvgIpc) is 2.80. The van der Waals surface area contributed by atoms with E-state index < -0.39 is 18.0 Å². The lowest BCUT2D eigenvalue weighted by molar-refractivity contribution is -0.0934. The second kappa shape index (κ2) is 9.94. The monoisotopic (exact) mass is 462 g/mol. The maximum Gasteiger partial charge on any atom is 0.434 e. The first-order valence-corrected chi connectivity index (χ1v) is 10.1. The Kier molecular flexibility index (Phi) is 7.26. The molecule has 0 bridgehead atoms. The van der Waals surface area contributed by atoms with Gasteiger partial charge in [-0.25, -0.2) is 9.97 Å². The van der Waals surface area contributed by atoms with E-state index in [9.17, 15) is 13.2 Å². The largest absolute Gasteiger partial charge is 0.434 e. The van der Waals surface area contributed by atoms with Gasteiger partial charge in [-0.3, -0.25) is 9.98 Å². The van der Waals surface area contributed by atoms with Gasteiger partial charge in [-0.2, -0.15) is 13.2 Å². The molecule has 1 aromatic heterocycles. The summed E-state index contributed by atoms with van der Waals surface area (Å²) in [7, 11) is 0. The smallest absolute Gasteiger partial charge is 0.404 e. The molecule has 176 valence electrons. The molecule has 3 rings (SSSR count). The van der Waals surface area contributed by atoms with Crippen LogP contribution < -0.4 is 10.6 Å². The zero-order valence-electron chi connectivity index (χ0n) is 18.2. The van der Waals surface area contributed by atoms with Crippen LogP contribution in [0.1, 0.15) is 19.7 Å². The number of anilines is 1. The van der Waals surface area contributed by atoms with E-state index in [1.165, 1.54) is 23.5 Å². The number of hydrogen-bond acceptors (Lipinski definition) is 9. The van der Waals surface area contributed by atoms with Crippen molar-refractivity contribution in [3.05, 3.63) is 48.0 Å². The van der Waals surface area contributed by atoms with Crippen molar-refractivity contribution in [3.63, 3.8) is 0 Å². The molecule has 2 aliphatic heterocycles. The number of halogens is 3. The van der Waals surface area contributed by atoms with Gasteiger partial charge in [-0.05, 0) is 26.6 Å². The van der Waals surface area contributed by atoms with E-state index in [-0.39, 0.29) is 30.2 Å². The lowest BCUT2D eigenvalue weighted by atomic mass is 10.0. The van der Waals surface area contributed by atoms with Crippen LogP contribution in [0.3, 0.4) is 0 Å². The van der Waals surface area contributed by atoms with E-state index in [4.69, 9.17) is 15.9 Å².